The van der Waals surface area contributed by atoms with Gasteiger partial charge in [-0.25, -0.2) is 0 Å². The summed E-state index contributed by atoms with van der Waals surface area (Å²) in [6, 6.07) is 13.8. The molecule has 0 saturated heterocycles. The normalized spacial score (nSPS) is 10.6. The second-order valence-corrected chi connectivity index (χ2v) is 6.20. The van der Waals surface area contributed by atoms with Crippen LogP contribution in [0.2, 0.25) is 0 Å². The summed E-state index contributed by atoms with van der Waals surface area (Å²) in [5.74, 6) is 0.765. The molecule has 6 heteroatoms. The third-order valence-electron chi connectivity index (χ3n) is 4.09. The van der Waals surface area contributed by atoms with Gasteiger partial charge in [0.2, 0.25) is 5.89 Å². The average Bonchev–Trinajstić information content (AvgIpc) is 3.04. The monoisotopic (exact) mass is 351 g/mol. The molecule has 2 aromatic carbocycles. The van der Waals surface area contributed by atoms with E-state index in [9.17, 15) is 4.79 Å². The Bertz CT molecular complexity index is 918. The molecule has 1 aromatic heterocycles. The van der Waals surface area contributed by atoms with Crippen LogP contribution in [0.3, 0.4) is 0 Å². The first-order valence-corrected chi connectivity index (χ1v) is 8.38. The quantitative estimate of drug-likeness (QED) is 0.734. The molecule has 0 aliphatic heterocycles. The average molecular weight is 351 g/mol. The summed E-state index contributed by atoms with van der Waals surface area (Å²) in [4.78, 5) is 12.0. The van der Waals surface area contributed by atoms with Gasteiger partial charge >= 0.3 is 6.01 Å². The molecule has 3 rings (SSSR count). The van der Waals surface area contributed by atoms with Gasteiger partial charge in [-0.1, -0.05) is 41.5 Å². The van der Waals surface area contributed by atoms with E-state index in [1.165, 1.54) is 11.1 Å². The molecule has 0 radical (unpaired) electrons. The Morgan fingerprint density at radius 1 is 1.04 bits per heavy atom. The van der Waals surface area contributed by atoms with Gasteiger partial charge in [-0.3, -0.25) is 10.1 Å². The Kier molecular flexibility index (Phi) is 5.31. The van der Waals surface area contributed by atoms with Crippen molar-refractivity contribution >= 4 is 11.9 Å². The fourth-order valence-corrected chi connectivity index (χ4v) is 2.48. The van der Waals surface area contributed by atoms with E-state index in [1.54, 1.807) is 0 Å². The number of benzene rings is 2. The van der Waals surface area contributed by atoms with Crippen molar-refractivity contribution in [2.45, 2.75) is 27.2 Å². The first-order chi connectivity index (χ1) is 12.5. The maximum absolute atomic E-state index is 12.0. The molecule has 0 spiro atoms. The van der Waals surface area contributed by atoms with Crippen LogP contribution in [0.1, 0.15) is 28.1 Å². The molecule has 6 nitrogen and oxygen atoms in total. The van der Waals surface area contributed by atoms with Gasteiger partial charge in [0, 0.05) is 0 Å². The van der Waals surface area contributed by atoms with E-state index in [1.807, 2.05) is 37.3 Å². The van der Waals surface area contributed by atoms with Crippen LogP contribution in [0.25, 0.3) is 0 Å². The van der Waals surface area contributed by atoms with Crippen molar-refractivity contribution in [1.29, 1.82) is 0 Å². The third-order valence-corrected chi connectivity index (χ3v) is 4.09. The van der Waals surface area contributed by atoms with Crippen LogP contribution in [0, 0.1) is 20.8 Å². The summed E-state index contributed by atoms with van der Waals surface area (Å²) in [6.07, 6.45) is 0.518. The maximum Gasteiger partial charge on any atom is 0.322 e. The third kappa shape index (κ3) is 4.47. The maximum atomic E-state index is 12.0. The lowest BCUT2D eigenvalue weighted by atomic mass is 10.0. The molecule has 0 aliphatic rings. The van der Waals surface area contributed by atoms with E-state index in [0.717, 1.165) is 11.1 Å². The highest BCUT2D eigenvalue weighted by Gasteiger charge is 2.11. The van der Waals surface area contributed by atoms with E-state index < -0.39 is 0 Å². The van der Waals surface area contributed by atoms with E-state index in [0.29, 0.717) is 18.1 Å². The summed E-state index contributed by atoms with van der Waals surface area (Å²) >= 11 is 0. The van der Waals surface area contributed by atoms with Crippen LogP contribution in [-0.4, -0.2) is 22.7 Å². The van der Waals surface area contributed by atoms with Gasteiger partial charge in [-0.05, 0) is 49.1 Å². The fraction of sp³-hybridized carbons (Fsp3) is 0.250. The predicted molar refractivity (Wildman–Crippen MR) is 98.3 cm³/mol. The Morgan fingerprint density at radius 2 is 1.85 bits per heavy atom. The van der Waals surface area contributed by atoms with E-state index >= 15 is 0 Å². The lowest BCUT2D eigenvalue weighted by Gasteiger charge is -2.07. The molecule has 0 bridgehead atoms. The molecule has 134 valence electrons. The number of carbonyl (C=O) groups excluding carboxylic acids is 1. The highest BCUT2D eigenvalue weighted by atomic mass is 16.5. The molecule has 0 atom stereocenters. The van der Waals surface area contributed by atoms with Gasteiger partial charge in [-0.15, -0.1) is 5.10 Å². The van der Waals surface area contributed by atoms with Crippen LogP contribution in [0.4, 0.5) is 6.01 Å². The molecule has 3 aromatic rings. The molecular weight excluding hydrogens is 330 g/mol. The van der Waals surface area contributed by atoms with Crippen LogP contribution in [-0.2, 0) is 11.2 Å². The number of ether oxygens (including phenoxy) is 1. The van der Waals surface area contributed by atoms with Crippen molar-refractivity contribution in [3.8, 4) is 5.75 Å². The molecule has 0 saturated carbocycles. The molecule has 1 amide bonds. The minimum absolute atomic E-state index is 0.0715. The van der Waals surface area contributed by atoms with Crippen LogP contribution < -0.4 is 10.1 Å². The van der Waals surface area contributed by atoms with Crippen molar-refractivity contribution in [1.82, 2.24) is 10.2 Å². The molecular formula is C20H21N3O3. The lowest BCUT2D eigenvalue weighted by Crippen LogP contribution is -2.20. The Hall–Kier alpha value is -3.15. The van der Waals surface area contributed by atoms with Gasteiger partial charge in [0.25, 0.3) is 5.91 Å². The number of nitrogens with one attached hydrogen (secondary N) is 1. The van der Waals surface area contributed by atoms with Crippen LogP contribution >= 0.6 is 0 Å². The number of hydrogen-bond donors (Lipinski definition) is 1. The highest BCUT2D eigenvalue weighted by molar-refractivity contribution is 5.89. The van der Waals surface area contributed by atoms with Crippen molar-refractivity contribution in [2.24, 2.45) is 0 Å². The van der Waals surface area contributed by atoms with Crippen molar-refractivity contribution in [3.63, 3.8) is 0 Å². The number of aryl methyl sites for hydroxylation is 3. The number of hydrogen-bond acceptors (Lipinski definition) is 5. The smallest absolute Gasteiger partial charge is 0.322 e. The fourth-order valence-electron chi connectivity index (χ4n) is 2.48. The van der Waals surface area contributed by atoms with Crippen LogP contribution in [0.15, 0.2) is 46.9 Å². The standard InChI is InChI=1S/C20H21N3O3/c1-13-8-9-16(10-15(13)3)11-19-22-23-20(26-19)21-18(24)12-25-17-7-5-4-6-14(17)2/h4-10H,11-12H2,1-3H3,(H,21,23,24). The zero-order valence-corrected chi connectivity index (χ0v) is 15.1. The second-order valence-electron chi connectivity index (χ2n) is 6.20. The molecule has 26 heavy (non-hydrogen) atoms. The largest absolute Gasteiger partial charge is 0.483 e. The summed E-state index contributed by atoms with van der Waals surface area (Å²) < 4.78 is 11.0. The molecule has 1 heterocycles. The minimum atomic E-state index is -0.352. The van der Waals surface area contributed by atoms with E-state index in [-0.39, 0.29) is 18.5 Å². The molecule has 1 N–H and O–H groups in total. The number of rotatable bonds is 6. The number of anilines is 1. The number of para-hydroxylation sites is 1. The Balaban J connectivity index is 1.55. The SMILES string of the molecule is Cc1ccc(Cc2nnc(NC(=O)COc3ccccc3C)o2)cc1C. The highest BCUT2D eigenvalue weighted by Crippen LogP contribution is 2.17. The minimum Gasteiger partial charge on any atom is -0.483 e. The zero-order chi connectivity index (χ0) is 18.5. The second kappa shape index (κ2) is 7.82. The molecule has 0 unspecified atom stereocenters. The predicted octanol–water partition coefficient (Wildman–Crippen LogP) is 3.60. The molecule has 0 aliphatic carbocycles. The number of nitrogens with zero attached hydrogens (tertiary/aromatic N) is 2. The van der Waals surface area contributed by atoms with Crippen molar-refractivity contribution in [2.75, 3.05) is 11.9 Å². The van der Waals surface area contributed by atoms with Gasteiger partial charge < -0.3 is 9.15 Å². The Labute approximate surface area is 152 Å². The number of aromatic nitrogens is 2. The number of amides is 1. The van der Waals surface area contributed by atoms with Gasteiger partial charge in [-0.2, -0.15) is 0 Å². The first-order valence-electron chi connectivity index (χ1n) is 8.38. The van der Waals surface area contributed by atoms with Crippen molar-refractivity contribution in [3.05, 3.63) is 70.6 Å². The first kappa shape index (κ1) is 17.7. The summed E-state index contributed by atoms with van der Waals surface area (Å²) in [5.41, 5.74) is 4.50. The van der Waals surface area contributed by atoms with Gasteiger partial charge in [0.05, 0.1) is 6.42 Å². The molecule has 0 fully saturated rings. The van der Waals surface area contributed by atoms with E-state index in [2.05, 4.69) is 41.5 Å². The van der Waals surface area contributed by atoms with Crippen LogP contribution in [0.5, 0.6) is 5.75 Å². The summed E-state index contributed by atoms with van der Waals surface area (Å²) in [7, 11) is 0. The van der Waals surface area contributed by atoms with Gasteiger partial charge in [0.1, 0.15) is 5.75 Å². The topological polar surface area (TPSA) is 77.2 Å². The summed E-state index contributed by atoms with van der Waals surface area (Å²) in [6.45, 7) is 5.93. The number of carbonyl (C=O) groups is 1. The van der Waals surface area contributed by atoms with E-state index in [4.69, 9.17) is 9.15 Å². The lowest BCUT2D eigenvalue weighted by molar-refractivity contribution is -0.118. The summed E-state index contributed by atoms with van der Waals surface area (Å²) in [5, 5.41) is 10.4. The zero-order valence-electron chi connectivity index (χ0n) is 15.1. The van der Waals surface area contributed by atoms with Gasteiger partial charge in [0.15, 0.2) is 6.61 Å². The Morgan fingerprint density at radius 3 is 2.62 bits per heavy atom. The van der Waals surface area contributed by atoms with Crippen molar-refractivity contribution < 1.29 is 13.9 Å².